The first-order chi connectivity index (χ1) is 9.70. The van der Waals surface area contributed by atoms with Crippen LogP contribution in [0.4, 0.5) is 5.82 Å². The quantitative estimate of drug-likeness (QED) is 0.875. The molecule has 4 heteroatoms. The van der Waals surface area contributed by atoms with Gasteiger partial charge in [-0.05, 0) is 49.6 Å². The first-order valence-electron chi connectivity index (χ1n) is 7.04. The van der Waals surface area contributed by atoms with Crippen molar-refractivity contribution >= 4 is 5.82 Å². The summed E-state index contributed by atoms with van der Waals surface area (Å²) in [4.78, 5) is 10.9. The van der Waals surface area contributed by atoms with Crippen LogP contribution in [0.3, 0.4) is 0 Å². The molecule has 0 bridgehead atoms. The van der Waals surface area contributed by atoms with Gasteiger partial charge in [-0.15, -0.1) is 0 Å². The standard InChI is InChI=1S/C16H22N4/c1-3-20(12-14-6-9-18-10-7-14)16-15(11-13(2)17)5-4-8-19-16/h4-10,13H,3,11-12,17H2,1-2H3. The van der Waals surface area contributed by atoms with Crippen molar-refractivity contribution in [3.63, 3.8) is 0 Å². The molecule has 106 valence electrons. The van der Waals surface area contributed by atoms with E-state index in [0.29, 0.717) is 0 Å². The lowest BCUT2D eigenvalue weighted by molar-refractivity contribution is 0.723. The van der Waals surface area contributed by atoms with E-state index in [1.807, 2.05) is 43.7 Å². The van der Waals surface area contributed by atoms with Crippen LogP contribution >= 0.6 is 0 Å². The Balaban J connectivity index is 2.23. The third-order valence-electron chi connectivity index (χ3n) is 3.21. The van der Waals surface area contributed by atoms with Crippen molar-refractivity contribution in [3.8, 4) is 0 Å². The van der Waals surface area contributed by atoms with Gasteiger partial charge in [-0.25, -0.2) is 4.98 Å². The summed E-state index contributed by atoms with van der Waals surface area (Å²) < 4.78 is 0. The van der Waals surface area contributed by atoms with E-state index in [0.717, 1.165) is 25.3 Å². The minimum atomic E-state index is 0.137. The van der Waals surface area contributed by atoms with Gasteiger partial charge in [0.25, 0.3) is 0 Å². The van der Waals surface area contributed by atoms with E-state index >= 15 is 0 Å². The zero-order valence-electron chi connectivity index (χ0n) is 12.2. The highest BCUT2D eigenvalue weighted by Crippen LogP contribution is 2.20. The van der Waals surface area contributed by atoms with Crippen molar-refractivity contribution in [2.45, 2.75) is 32.9 Å². The van der Waals surface area contributed by atoms with Crippen LogP contribution in [0, 0.1) is 0 Å². The molecule has 0 amide bonds. The van der Waals surface area contributed by atoms with Gasteiger partial charge in [-0.1, -0.05) is 6.07 Å². The van der Waals surface area contributed by atoms with Crippen molar-refractivity contribution in [2.75, 3.05) is 11.4 Å². The summed E-state index contributed by atoms with van der Waals surface area (Å²) in [5.74, 6) is 1.03. The fourth-order valence-corrected chi connectivity index (χ4v) is 2.27. The van der Waals surface area contributed by atoms with Gasteiger partial charge in [0.1, 0.15) is 5.82 Å². The molecule has 0 spiro atoms. The number of nitrogens with two attached hydrogens (primary N) is 1. The van der Waals surface area contributed by atoms with Gasteiger partial charge in [-0.3, -0.25) is 4.98 Å². The molecule has 0 saturated carbocycles. The lowest BCUT2D eigenvalue weighted by Gasteiger charge is -2.25. The van der Waals surface area contributed by atoms with E-state index in [-0.39, 0.29) is 6.04 Å². The maximum atomic E-state index is 5.93. The van der Waals surface area contributed by atoms with E-state index in [1.54, 1.807) is 0 Å². The average Bonchev–Trinajstić information content (AvgIpc) is 2.46. The smallest absolute Gasteiger partial charge is 0.132 e. The number of pyridine rings is 2. The fraction of sp³-hybridized carbons (Fsp3) is 0.375. The van der Waals surface area contributed by atoms with Crippen LogP contribution in [0.5, 0.6) is 0 Å². The number of aromatic nitrogens is 2. The molecule has 2 N–H and O–H groups in total. The maximum absolute atomic E-state index is 5.93. The second kappa shape index (κ2) is 7.01. The highest BCUT2D eigenvalue weighted by molar-refractivity contribution is 5.47. The van der Waals surface area contributed by atoms with E-state index < -0.39 is 0 Å². The summed E-state index contributed by atoms with van der Waals surface area (Å²) in [5.41, 5.74) is 8.38. The molecule has 2 heterocycles. The summed E-state index contributed by atoms with van der Waals surface area (Å²) >= 11 is 0. The minimum Gasteiger partial charge on any atom is -0.352 e. The van der Waals surface area contributed by atoms with Crippen LogP contribution in [-0.2, 0) is 13.0 Å². The molecule has 2 aromatic rings. The van der Waals surface area contributed by atoms with Crippen LogP contribution in [0.1, 0.15) is 25.0 Å². The van der Waals surface area contributed by atoms with E-state index in [2.05, 4.69) is 27.9 Å². The van der Waals surface area contributed by atoms with Crippen molar-refractivity contribution in [1.29, 1.82) is 0 Å². The Morgan fingerprint density at radius 2 is 1.95 bits per heavy atom. The summed E-state index contributed by atoms with van der Waals surface area (Å²) in [6.07, 6.45) is 6.33. The van der Waals surface area contributed by atoms with Gasteiger partial charge >= 0.3 is 0 Å². The van der Waals surface area contributed by atoms with Crippen molar-refractivity contribution < 1.29 is 0 Å². The van der Waals surface area contributed by atoms with Gasteiger partial charge in [0.05, 0.1) is 0 Å². The van der Waals surface area contributed by atoms with Crippen molar-refractivity contribution in [1.82, 2.24) is 9.97 Å². The first-order valence-corrected chi connectivity index (χ1v) is 7.04. The Bertz CT molecular complexity index is 525. The van der Waals surface area contributed by atoms with Crippen LogP contribution in [-0.4, -0.2) is 22.6 Å². The topological polar surface area (TPSA) is 55.0 Å². The third-order valence-corrected chi connectivity index (χ3v) is 3.21. The molecule has 2 aromatic heterocycles. The highest BCUT2D eigenvalue weighted by atomic mass is 15.2. The molecular weight excluding hydrogens is 248 g/mol. The molecule has 0 radical (unpaired) electrons. The molecule has 0 aliphatic rings. The first kappa shape index (κ1) is 14.5. The minimum absolute atomic E-state index is 0.137. The largest absolute Gasteiger partial charge is 0.352 e. The Labute approximate surface area is 120 Å². The Morgan fingerprint density at radius 3 is 2.60 bits per heavy atom. The Morgan fingerprint density at radius 1 is 1.20 bits per heavy atom. The molecule has 1 atom stereocenters. The number of rotatable bonds is 6. The van der Waals surface area contributed by atoms with E-state index in [4.69, 9.17) is 5.73 Å². The number of hydrogen-bond donors (Lipinski definition) is 1. The summed E-state index contributed by atoms with van der Waals surface area (Å²) in [5, 5.41) is 0. The molecule has 20 heavy (non-hydrogen) atoms. The zero-order valence-corrected chi connectivity index (χ0v) is 12.2. The van der Waals surface area contributed by atoms with Gasteiger partial charge in [0, 0.05) is 37.7 Å². The highest BCUT2D eigenvalue weighted by Gasteiger charge is 2.12. The second-order valence-electron chi connectivity index (χ2n) is 5.04. The fourth-order valence-electron chi connectivity index (χ4n) is 2.27. The Hall–Kier alpha value is -1.94. The number of nitrogens with zero attached hydrogens (tertiary/aromatic N) is 3. The lowest BCUT2D eigenvalue weighted by atomic mass is 10.1. The average molecular weight is 270 g/mol. The monoisotopic (exact) mass is 270 g/mol. The lowest BCUT2D eigenvalue weighted by Crippen LogP contribution is -2.26. The molecule has 0 saturated heterocycles. The number of hydrogen-bond acceptors (Lipinski definition) is 4. The molecule has 2 rings (SSSR count). The van der Waals surface area contributed by atoms with E-state index in [1.165, 1.54) is 11.1 Å². The summed E-state index contributed by atoms with van der Waals surface area (Å²) in [7, 11) is 0. The molecule has 0 aliphatic carbocycles. The SMILES string of the molecule is CCN(Cc1ccncc1)c1ncccc1CC(C)N. The molecule has 0 aliphatic heterocycles. The van der Waals surface area contributed by atoms with Gasteiger partial charge in [0.15, 0.2) is 0 Å². The Kier molecular flexibility index (Phi) is 5.07. The van der Waals surface area contributed by atoms with Gasteiger partial charge < -0.3 is 10.6 Å². The van der Waals surface area contributed by atoms with Crippen LogP contribution in [0.25, 0.3) is 0 Å². The van der Waals surface area contributed by atoms with Crippen molar-refractivity contribution in [3.05, 3.63) is 54.0 Å². The van der Waals surface area contributed by atoms with Gasteiger partial charge in [-0.2, -0.15) is 0 Å². The van der Waals surface area contributed by atoms with E-state index in [9.17, 15) is 0 Å². The predicted molar refractivity (Wildman–Crippen MR) is 82.6 cm³/mol. The molecule has 1 unspecified atom stereocenters. The molecule has 0 fully saturated rings. The molecule has 4 nitrogen and oxygen atoms in total. The summed E-state index contributed by atoms with van der Waals surface area (Å²) in [6.45, 7) is 5.91. The van der Waals surface area contributed by atoms with Gasteiger partial charge in [0.2, 0.25) is 0 Å². The van der Waals surface area contributed by atoms with Crippen molar-refractivity contribution in [2.24, 2.45) is 5.73 Å². The molecular formula is C16H22N4. The second-order valence-corrected chi connectivity index (χ2v) is 5.04. The maximum Gasteiger partial charge on any atom is 0.132 e. The molecule has 0 aromatic carbocycles. The van der Waals surface area contributed by atoms with Crippen LogP contribution in [0.2, 0.25) is 0 Å². The number of anilines is 1. The van der Waals surface area contributed by atoms with Crippen LogP contribution in [0.15, 0.2) is 42.9 Å². The summed E-state index contributed by atoms with van der Waals surface area (Å²) in [6, 6.07) is 8.30. The normalized spacial score (nSPS) is 12.2. The zero-order chi connectivity index (χ0) is 14.4. The van der Waals surface area contributed by atoms with Crippen LogP contribution < -0.4 is 10.6 Å². The predicted octanol–water partition coefficient (Wildman–Crippen LogP) is 2.39. The third kappa shape index (κ3) is 3.78.